The second-order valence-corrected chi connectivity index (χ2v) is 9.45. The number of aryl methyl sites for hydroxylation is 1. The summed E-state index contributed by atoms with van der Waals surface area (Å²) in [4.78, 5) is 25.3. The van der Waals surface area contributed by atoms with Crippen molar-refractivity contribution in [3.63, 3.8) is 0 Å². The van der Waals surface area contributed by atoms with Gasteiger partial charge >= 0.3 is 6.18 Å². The van der Waals surface area contributed by atoms with Crippen molar-refractivity contribution in [3.05, 3.63) is 83.6 Å². The Bertz CT molecular complexity index is 1440. The average molecular weight is 522 g/mol. The van der Waals surface area contributed by atoms with Crippen LogP contribution >= 0.6 is 0 Å². The molecular formula is C27H26F3N7O. The molecule has 2 aromatic heterocycles. The van der Waals surface area contributed by atoms with Crippen molar-refractivity contribution in [3.8, 4) is 16.9 Å². The number of carbonyl (C=O) groups is 1. The Morgan fingerprint density at radius 2 is 1.74 bits per heavy atom. The van der Waals surface area contributed by atoms with Crippen LogP contribution in [-0.2, 0) is 12.6 Å². The van der Waals surface area contributed by atoms with Crippen LogP contribution in [0.1, 0.15) is 27.0 Å². The zero-order valence-corrected chi connectivity index (χ0v) is 21.0. The van der Waals surface area contributed by atoms with Gasteiger partial charge in [-0.25, -0.2) is 14.6 Å². The van der Waals surface area contributed by atoms with E-state index < -0.39 is 11.7 Å². The third kappa shape index (κ3) is 5.57. The second-order valence-electron chi connectivity index (χ2n) is 9.45. The largest absolute Gasteiger partial charge is 0.416 e. The van der Waals surface area contributed by atoms with Gasteiger partial charge in [-0.05, 0) is 49.4 Å². The molecule has 3 heterocycles. The first-order chi connectivity index (χ1) is 18.2. The maximum Gasteiger partial charge on any atom is 0.416 e. The predicted molar refractivity (Wildman–Crippen MR) is 136 cm³/mol. The SMILES string of the molecule is Cc1ccc(CC(=O)c2cc(N3CCN(C)CC3)cc(C(F)(F)F)c2)cc1-n1cc(-c2cncnc2)nn1. The van der Waals surface area contributed by atoms with Crippen LogP contribution in [0.4, 0.5) is 18.9 Å². The highest BCUT2D eigenvalue weighted by Gasteiger charge is 2.32. The van der Waals surface area contributed by atoms with E-state index in [4.69, 9.17) is 0 Å². The Labute approximate surface area is 217 Å². The molecule has 0 amide bonds. The Kier molecular flexibility index (Phi) is 6.94. The number of Topliss-reactive ketones (excluding diaryl/α,β-unsaturated/α-hetero) is 1. The molecule has 0 bridgehead atoms. The average Bonchev–Trinajstić information content (AvgIpc) is 3.40. The van der Waals surface area contributed by atoms with Gasteiger partial charge in [0, 0.05) is 61.8 Å². The highest BCUT2D eigenvalue weighted by Crippen LogP contribution is 2.34. The second kappa shape index (κ2) is 10.3. The molecule has 0 aliphatic carbocycles. The van der Waals surface area contributed by atoms with Gasteiger partial charge in [-0.2, -0.15) is 13.2 Å². The Hall–Kier alpha value is -4.12. The summed E-state index contributed by atoms with van der Waals surface area (Å²) in [6.07, 6.45) is 1.83. The molecule has 0 unspecified atom stereocenters. The molecule has 11 heteroatoms. The third-order valence-electron chi connectivity index (χ3n) is 6.67. The molecule has 4 aromatic rings. The number of anilines is 1. The molecule has 38 heavy (non-hydrogen) atoms. The summed E-state index contributed by atoms with van der Waals surface area (Å²) in [5.41, 5.74) is 3.22. The van der Waals surface area contributed by atoms with Crippen LogP contribution in [0.5, 0.6) is 0 Å². The lowest BCUT2D eigenvalue weighted by atomic mass is 9.98. The topological polar surface area (TPSA) is 80.0 Å². The zero-order valence-electron chi connectivity index (χ0n) is 21.0. The number of carbonyl (C=O) groups excluding carboxylic acids is 1. The van der Waals surface area contributed by atoms with Crippen LogP contribution in [0, 0.1) is 6.92 Å². The van der Waals surface area contributed by atoms with Crippen LogP contribution < -0.4 is 4.90 Å². The minimum Gasteiger partial charge on any atom is -0.369 e. The van der Waals surface area contributed by atoms with E-state index in [1.54, 1.807) is 35.4 Å². The molecule has 2 aromatic carbocycles. The molecule has 1 saturated heterocycles. The minimum absolute atomic E-state index is 0.0444. The summed E-state index contributed by atoms with van der Waals surface area (Å²) >= 11 is 0. The van der Waals surface area contributed by atoms with E-state index in [1.807, 2.05) is 31.0 Å². The molecule has 0 spiro atoms. The molecule has 0 atom stereocenters. The molecule has 1 aliphatic heterocycles. The Balaban J connectivity index is 1.41. The van der Waals surface area contributed by atoms with E-state index in [1.165, 1.54) is 6.33 Å². The summed E-state index contributed by atoms with van der Waals surface area (Å²) < 4.78 is 42.7. The van der Waals surface area contributed by atoms with Gasteiger partial charge in [0.05, 0.1) is 17.4 Å². The number of piperazine rings is 1. The maximum atomic E-state index is 13.7. The van der Waals surface area contributed by atoms with Crippen LogP contribution in [0.25, 0.3) is 16.9 Å². The monoisotopic (exact) mass is 521 g/mol. The standard InChI is InChI=1S/C27H26F3N7O/c1-18-3-4-19(9-25(18)37-16-24(33-34-37)21-14-31-17-32-15-21)10-26(38)20-11-22(27(28,29)30)13-23(12-20)36-7-5-35(2)6-8-36/h3-4,9,11-17H,5-8,10H2,1-2H3. The van der Waals surface area contributed by atoms with Crippen molar-refractivity contribution in [1.29, 1.82) is 0 Å². The molecule has 0 radical (unpaired) electrons. The Morgan fingerprint density at radius 3 is 2.45 bits per heavy atom. The minimum atomic E-state index is -4.55. The fourth-order valence-corrected chi connectivity index (χ4v) is 4.43. The number of ketones is 1. The van der Waals surface area contributed by atoms with E-state index >= 15 is 0 Å². The number of nitrogens with zero attached hydrogens (tertiary/aromatic N) is 7. The van der Waals surface area contributed by atoms with Crippen LogP contribution in [0.15, 0.2) is 61.3 Å². The molecular weight excluding hydrogens is 495 g/mol. The summed E-state index contributed by atoms with van der Waals surface area (Å²) in [5.74, 6) is -0.387. The van der Waals surface area contributed by atoms with Crippen molar-refractivity contribution in [2.24, 2.45) is 0 Å². The van der Waals surface area contributed by atoms with Crippen LogP contribution in [-0.4, -0.2) is 68.9 Å². The predicted octanol–water partition coefficient (Wildman–Crippen LogP) is 4.23. The first-order valence-electron chi connectivity index (χ1n) is 12.1. The maximum absolute atomic E-state index is 13.7. The first kappa shape index (κ1) is 25.5. The van der Waals surface area contributed by atoms with Crippen LogP contribution in [0.3, 0.4) is 0 Å². The lowest BCUT2D eigenvalue weighted by Crippen LogP contribution is -2.44. The van der Waals surface area contributed by atoms with Crippen molar-refractivity contribution in [2.75, 3.05) is 38.1 Å². The van der Waals surface area contributed by atoms with Crippen molar-refractivity contribution in [1.82, 2.24) is 29.9 Å². The van der Waals surface area contributed by atoms with Crippen LogP contribution in [0.2, 0.25) is 0 Å². The third-order valence-corrected chi connectivity index (χ3v) is 6.67. The van der Waals surface area contributed by atoms with E-state index in [-0.39, 0.29) is 17.8 Å². The first-order valence-corrected chi connectivity index (χ1v) is 12.1. The normalized spacial score (nSPS) is 14.6. The lowest BCUT2D eigenvalue weighted by Gasteiger charge is -2.34. The van der Waals surface area contributed by atoms with Gasteiger partial charge in [0.25, 0.3) is 0 Å². The van der Waals surface area contributed by atoms with Crippen molar-refractivity contribution < 1.29 is 18.0 Å². The molecule has 8 nitrogen and oxygen atoms in total. The number of hydrogen-bond acceptors (Lipinski definition) is 7. The summed E-state index contributed by atoms with van der Waals surface area (Å²) in [6, 6.07) is 9.11. The molecule has 0 saturated carbocycles. The molecule has 196 valence electrons. The molecule has 5 rings (SSSR count). The molecule has 0 N–H and O–H groups in total. The summed E-state index contributed by atoms with van der Waals surface area (Å²) in [7, 11) is 1.98. The van der Waals surface area contributed by atoms with Gasteiger partial charge in [-0.1, -0.05) is 17.3 Å². The zero-order chi connectivity index (χ0) is 26.9. The van der Waals surface area contributed by atoms with Gasteiger partial charge in [-0.3, -0.25) is 4.79 Å². The lowest BCUT2D eigenvalue weighted by molar-refractivity contribution is -0.137. The molecule has 1 aliphatic rings. The highest BCUT2D eigenvalue weighted by molar-refractivity contribution is 5.98. The van der Waals surface area contributed by atoms with Crippen molar-refractivity contribution in [2.45, 2.75) is 19.5 Å². The number of rotatable bonds is 6. The van der Waals surface area contributed by atoms with Gasteiger partial charge in [-0.15, -0.1) is 5.10 Å². The Morgan fingerprint density at radius 1 is 1.00 bits per heavy atom. The van der Waals surface area contributed by atoms with Gasteiger partial charge in [0.1, 0.15) is 12.0 Å². The quantitative estimate of drug-likeness (QED) is 0.352. The fourth-order valence-electron chi connectivity index (χ4n) is 4.43. The molecule has 1 fully saturated rings. The van der Waals surface area contributed by atoms with Gasteiger partial charge in [0.15, 0.2) is 5.78 Å². The highest BCUT2D eigenvalue weighted by atomic mass is 19.4. The smallest absolute Gasteiger partial charge is 0.369 e. The number of hydrogen-bond donors (Lipinski definition) is 0. The number of halogens is 3. The summed E-state index contributed by atoms with van der Waals surface area (Å²) in [5, 5.41) is 8.39. The van der Waals surface area contributed by atoms with E-state index in [0.29, 0.717) is 41.3 Å². The summed E-state index contributed by atoms with van der Waals surface area (Å²) in [6.45, 7) is 4.59. The van der Waals surface area contributed by atoms with Crippen molar-refractivity contribution >= 4 is 11.5 Å². The number of likely N-dealkylation sites (N-methyl/N-ethyl adjacent to an activating group) is 1. The number of aromatic nitrogens is 5. The van der Waals surface area contributed by atoms with Gasteiger partial charge < -0.3 is 9.80 Å². The fraction of sp³-hybridized carbons (Fsp3) is 0.296. The van der Waals surface area contributed by atoms with Gasteiger partial charge in [0.2, 0.25) is 0 Å². The number of alkyl halides is 3. The van der Waals surface area contributed by atoms with E-state index in [2.05, 4.69) is 25.2 Å². The van der Waals surface area contributed by atoms with E-state index in [9.17, 15) is 18.0 Å². The van der Waals surface area contributed by atoms with E-state index in [0.717, 1.165) is 30.8 Å². The number of benzene rings is 2.